The maximum Gasteiger partial charge on any atom is 0.123 e. The Morgan fingerprint density at radius 3 is 1.77 bits per heavy atom. The van der Waals surface area contributed by atoms with E-state index in [1.807, 2.05) is 24.3 Å². The molecule has 0 amide bonds. The first-order valence-electron chi connectivity index (χ1n) is 19.4. The van der Waals surface area contributed by atoms with Crippen molar-refractivity contribution in [3.05, 3.63) is 227 Å². The van der Waals surface area contributed by atoms with Gasteiger partial charge in [-0.25, -0.2) is 8.78 Å². The lowest BCUT2D eigenvalue weighted by Gasteiger charge is -2.33. The van der Waals surface area contributed by atoms with Crippen molar-refractivity contribution in [2.24, 2.45) is 0 Å². The van der Waals surface area contributed by atoms with Gasteiger partial charge in [-0.15, -0.1) is 0 Å². The number of nitrogens with zero attached hydrogens (tertiary/aromatic N) is 1. The molecule has 3 heteroatoms. The van der Waals surface area contributed by atoms with Crippen LogP contribution in [0.15, 0.2) is 182 Å². The van der Waals surface area contributed by atoms with Crippen LogP contribution in [0.3, 0.4) is 0 Å². The molecule has 0 fully saturated rings. The molecular weight excluding hydrogens is 689 g/mol. The summed E-state index contributed by atoms with van der Waals surface area (Å²) in [5.41, 5.74) is 17.1. The average Bonchev–Trinajstić information content (AvgIpc) is 3.62. The third kappa shape index (κ3) is 4.46. The van der Waals surface area contributed by atoms with Gasteiger partial charge in [-0.05, 0) is 133 Å². The molecule has 7 aromatic carbocycles. The monoisotopic (exact) mass is 725 g/mol. The zero-order valence-corrected chi connectivity index (χ0v) is 31.2. The molecule has 0 heterocycles. The molecule has 0 saturated carbocycles. The lowest BCUT2D eigenvalue weighted by molar-refractivity contribution is 0.618. The third-order valence-corrected chi connectivity index (χ3v) is 12.6. The maximum atomic E-state index is 15.5. The molecule has 0 aromatic heterocycles. The lowest BCUT2D eigenvalue weighted by atomic mass is 9.70. The Morgan fingerprint density at radius 1 is 0.500 bits per heavy atom. The first-order valence-corrected chi connectivity index (χ1v) is 19.4. The molecule has 0 N–H and O–H groups in total. The van der Waals surface area contributed by atoms with Gasteiger partial charge < -0.3 is 4.90 Å². The van der Waals surface area contributed by atoms with Gasteiger partial charge >= 0.3 is 0 Å². The summed E-state index contributed by atoms with van der Waals surface area (Å²) in [6, 6.07) is 51.2. The summed E-state index contributed by atoms with van der Waals surface area (Å²) in [7, 11) is 0. The SMILES string of the molecule is CC1(C)C2=CCC=CC=C2c2ccc(N(c3ccc4c(c3)C3(c5ccccc5-4)c4cc(F)ccc4-c4ccc(F)cc43)c3ccccc3-c3ccccc3)cc21. The van der Waals surface area contributed by atoms with E-state index in [0.29, 0.717) is 0 Å². The quantitative estimate of drug-likeness (QED) is 0.175. The molecule has 268 valence electrons. The highest BCUT2D eigenvalue weighted by Gasteiger charge is 2.52. The smallest absolute Gasteiger partial charge is 0.123 e. The molecule has 0 saturated heterocycles. The lowest BCUT2D eigenvalue weighted by Crippen LogP contribution is -2.26. The predicted octanol–water partition coefficient (Wildman–Crippen LogP) is 14.0. The van der Waals surface area contributed by atoms with Crippen LogP contribution in [0.4, 0.5) is 25.8 Å². The van der Waals surface area contributed by atoms with Crippen molar-refractivity contribution in [2.75, 3.05) is 4.90 Å². The summed E-state index contributed by atoms with van der Waals surface area (Å²) in [5.74, 6) is -0.621. The van der Waals surface area contributed by atoms with E-state index < -0.39 is 5.41 Å². The topological polar surface area (TPSA) is 3.24 Å². The molecule has 0 radical (unpaired) electrons. The van der Waals surface area contributed by atoms with Gasteiger partial charge in [0.15, 0.2) is 0 Å². The van der Waals surface area contributed by atoms with Crippen molar-refractivity contribution in [3.8, 4) is 33.4 Å². The van der Waals surface area contributed by atoms with Gasteiger partial charge in [0, 0.05) is 22.4 Å². The Labute approximate surface area is 326 Å². The fourth-order valence-electron chi connectivity index (χ4n) is 10.2. The van der Waals surface area contributed by atoms with Gasteiger partial charge in [0.2, 0.25) is 0 Å². The van der Waals surface area contributed by atoms with E-state index in [1.54, 1.807) is 12.1 Å². The first kappa shape index (κ1) is 32.8. The average molecular weight is 726 g/mol. The Bertz CT molecular complexity index is 2840. The highest BCUT2D eigenvalue weighted by atomic mass is 19.1. The van der Waals surface area contributed by atoms with Gasteiger partial charge in [0.25, 0.3) is 0 Å². The van der Waals surface area contributed by atoms with Gasteiger partial charge in [-0.2, -0.15) is 0 Å². The van der Waals surface area contributed by atoms with E-state index in [0.717, 1.165) is 79.1 Å². The number of hydrogen-bond donors (Lipinski definition) is 0. The summed E-state index contributed by atoms with van der Waals surface area (Å²) in [6.45, 7) is 4.67. The molecular formula is C53H37F2N. The Hall–Kier alpha value is -6.58. The number of para-hydroxylation sites is 1. The predicted molar refractivity (Wildman–Crippen MR) is 226 cm³/mol. The van der Waals surface area contributed by atoms with Crippen LogP contribution in [-0.4, -0.2) is 0 Å². The molecule has 0 unspecified atom stereocenters. The maximum absolute atomic E-state index is 15.5. The number of anilines is 3. The minimum atomic E-state index is -0.915. The normalized spacial score (nSPS) is 15.9. The van der Waals surface area contributed by atoms with Crippen molar-refractivity contribution in [1.82, 2.24) is 0 Å². The minimum Gasteiger partial charge on any atom is -0.310 e. The van der Waals surface area contributed by atoms with E-state index in [9.17, 15) is 0 Å². The second-order valence-electron chi connectivity index (χ2n) is 15.8. The second kappa shape index (κ2) is 12.0. The molecule has 4 aliphatic carbocycles. The van der Waals surface area contributed by atoms with E-state index >= 15 is 8.78 Å². The first-order chi connectivity index (χ1) is 27.4. The second-order valence-corrected chi connectivity index (χ2v) is 15.8. The van der Waals surface area contributed by atoms with Gasteiger partial charge in [0.05, 0.1) is 11.1 Å². The molecule has 0 atom stereocenters. The molecule has 7 aromatic rings. The van der Waals surface area contributed by atoms with Crippen LogP contribution in [0.2, 0.25) is 0 Å². The highest BCUT2D eigenvalue weighted by molar-refractivity contribution is 5.98. The van der Waals surface area contributed by atoms with Gasteiger partial charge in [-0.3, -0.25) is 0 Å². The van der Waals surface area contributed by atoms with E-state index in [-0.39, 0.29) is 17.0 Å². The van der Waals surface area contributed by atoms with Crippen LogP contribution in [0.5, 0.6) is 0 Å². The Balaban J connectivity index is 1.20. The number of rotatable bonds is 4. The van der Waals surface area contributed by atoms with Crippen molar-refractivity contribution in [1.29, 1.82) is 0 Å². The van der Waals surface area contributed by atoms with Crippen LogP contribution >= 0.6 is 0 Å². The Morgan fingerprint density at radius 2 is 1.05 bits per heavy atom. The summed E-state index contributed by atoms with van der Waals surface area (Å²) in [4.78, 5) is 2.38. The largest absolute Gasteiger partial charge is 0.310 e. The molecule has 1 nitrogen and oxygen atoms in total. The van der Waals surface area contributed by atoms with Crippen LogP contribution in [0, 0.1) is 11.6 Å². The summed E-state index contributed by atoms with van der Waals surface area (Å²) in [6.07, 6.45) is 9.94. The number of allylic oxidation sites excluding steroid dienone is 6. The van der Waals surface area contributed by atoms with Crippen LogP contribution in [0.25, 0.3) is 39.0 Å². The highest BCUT2D eigenvalue weighted by Crippen LogP contribution is 2.64. The molecule has 4 aliphatic rings. The van der Waals surface area contributed by atoms with E-state index in [1.165, 1.54) is 34.4 Å². The third-order valence-electron chi connectivity index (χ3n) is 12.6. The van der Waals surface area contributed by atoms with E-state index in [2.05, 4.69) is 146 Å². The fourth-order valence-corrected chi connectivity index (χ4v) is 10.2. The number of halogens is 2. The summed E-state index contributed by atoms with van der Waals surface area (Å²) >= 11 is 0. The molecule has 1 spiro atoms. The molecule has 56 heavy (non-hydrogen) atoms. The zero-order valence-electron chi connectivity index (χ0n) is 31.2. The standard InChI is InChI=1S/C53H37F2N/c1-52(2)45-18-8-4-7-16-39(45)41-27-23-36(31-47(41)52)56(51-20-12-10-15-38(51)33-13-5-3-6-14-33)37-24-28-44-40-17-9-11-19-46(40)53(50(44)32-37)48-29-34(54)21-25-42(48)43-26-22-35(55)30-49(43)53/h3-7,9-32H,8H2,1-2H3. The molecule has 0 bridgehead atoms. The molecule has 0 aliphatic heterocycles. The van der Waals surface area contributed by atoms with Crippen LogP contribution in [-0.2, 0) is 10.8 Å². The summed E-state index contributed by atoms with van der Waals surface area (Å²) in [5, 5.41) is 0. The molecule has 11 rings (SSSR count). The van der Waals surface area contributed by atoms with Crippen molar-refractivity contribution in [3.63, 3.8) is 0 Å². The number of benzene rings is 7. The zero-order chi connectivity index (χ0) is 37.8. The Kier molecular flexibility index (Phi) is 7.01. The number of fused-ring (bicyclic) bond motifs is 13. The minimum absolute atomic E-state index is 0.192. The van der Waals surface area contributed by atoms with E-state index in [4.69, 9.17) is 0 Å². The number of hydrogen-bond acceptors (Lipinski definition) is 1. The summed E-state index contributed by atoms with van der Waals surface area (Å²) < 4.78 is 31.0. The van der Waals surface area contributed by atoms with Crippen LogP contribution < -0.4 is 4.90 Å². The van der Waals surface area contributed by atoms with Crippen molar-refractivity contribution in [2.45, 2.75) is 31.1 Å². The van der Waals surface area contributed by atoms with Gasteiger partial charge in [-0.1, -0.05) is 135 Å². The van der Waals surface area contributed by atoms with Gasteiger partial charge in [0.1, 0.15) is 11.6 Å². The fraction of sp³-hybridized carbons (Fsp3) is 0.0943. The van der Waals surface area contributed by atoms with Crippen LogP contribution in [0.1, 0.15) is 53.6 Å². The van der Waals surface area contributed by atoms with Crippen molar-refractivity contribution < 1.29 is 8.78 Å². The van der Waals surface area contributed by atoms with Crippen molar-refractivity contribution >= 4 is 22.6 Å².